The smallest absolute Gasteiger partial charge is 0.321 e. The standard InChI is InChI=1S/C16H23N5O2S/c22-13(18-15(23)17-11-3-1-2-4-11)9-24-16-20-19-14(10-5-6-10)21(16)12-7-8-12/h10-12H,1-9H2,(H2,17,18,22,23). The van der Waals surface area contributed by atoms with Gasteiger partial charge in [0.15, 0.2) is 5.16 Å². The molecule has 0 spiro atoms. The maximum Gasteiger partial charge on any atom is 0.321 e. The highest BCUT2D eigenvalue weighted by atomic mass is 32.2. The second kappa shape index (κ2) is 6.74. The molecule has 3 saturated carbocycles. The quantitative estimate of drug-likeness (QED) is 0.770. The molecule has 0 bridgehead atoms. The van der Waals surface area contributed by atoms with Gasteiger partial charge in [0.25, 0.3) is 0 Å². The number of hydrogen-bond acceptors (Lipinski definition) is 5. The van der Waals surface area contributed by atoms with Crippen LogP contribution in [0.1, 0.15) is 69.2 Å². The van der Waals surface area contributed by atoms with Gasteiger partial charge in [-0.25, -0.2) is 4.79 Å². The maximum absolute atomic E-state index is 12.0. The lowest BCUT2D eigenvalue weighted by atomic mass is 10.2. The highest BCUT2D eigenvalue weighted by Gasteiger charge is 2.36. The minimum atomic E-state index is -0.380. The molecule has 0 aliphatic heterocycles. The van der Waals surface area contributed by atoms with E-state index in [0.717, 1.165) is 36.7 Å². The van der Waals surface area contributed by atoms with Gasteiger partial charge in [0, 0.05) is 18.0 Å². The first-order valence-corrected chi connectivity index (χ1v) is 9.87. The minimum Gasteiger partial charge on any atom is -0.335 e. The van der Waals surface area contributed by atoms with Gasteiger partial charge in [-0.15, -0.1) is 10.2 Å². The van der Waals surface area contributed by atoms with Crippen molar-refractivity contribution in [2.75, 3.05) is 5.75 Å². The van der Waals surface area contributed by atoms with Crippen molar-refractivity contribution in [2.45, 2.75) is 74.5 Å². The van der Waals surface area contributed by atoms with Gasteiger partial charge in [-0.05, 0) is 38.5 Å². The Labute approximate surface area is 145 Å². The first kappa shape index (κ1) is 15.9. The number of nitrogens with one attached hydrogen (secondary N) is 2. The minimum absolute atomic E-state index is 0.188. The van der Waals surface area contributed by atoms with E-state index in [1.807, 2.05) is 0 Å². The second-order valence-electron chi connectivity index (χ2n) is 7.01. The van der Waals surface area contributed by atoms with Gasteiger partial charge in [-0.2, -0.15) is 0 Å². The van der Waals surface area contributed by atoms with Gasteiger partial charge in [0.2, 0.25) is 5.91 Å². The van der Waals surface area contributed by atoms with E-state index in [-0.39, 0.29) is 23.7 Å². The Kier molecular flexibility index (Phi) is 4.47. The van der Waals surface area contributed by atoms with E-state index in [1.54, 1.807) is 0 Å². The van der Waals surface area contributed by atoms with Crippen LogP contribution < -0.4 is 10.6 Å². The summed E-state index contributed by atoms with van der Waals surface area (Å²) in [6.45, 7) is 0. The molecule has 1 aromatic heterocycles. The third kappa shape index (κ3) is 3.74. The summed E-state index contributed by atoms with van der Waals surface area (Å²) in [5.74, 6) is 1.54. The Morgan fingerprint density at radius 1 is 1.08 bits per heavy atom. The summed E-state index contributed by atoms with van der Waals surface area (Å²) in [6.07, 6.45) is 9.02. The van der Waals surface area contributed by atoms with Crippen LogP contribution >= 0.6 is 11.8 Å². The van der Waals surface area contributed by atoms with E-state index < -0.39 is 0 Å². The molecular formula is C16H23N5O2S. The molecule has 0 saturated heterocycles. The predicted molar refractivity (Wildman–Crippen MR) is 89.9 cm³/mol. The number of amides is 3. The fourth-order valence-electron chi connectivity index (χ4n) is 3.27. The van der Waals surface area contributed by atoms with E-state index >= 15 is 0 Å². The van der Waals surface area contributed by atoms with Gasteiger partial charge in [-0.3, -0.25) is 10.1 Å². The third-order valence-electron chi connectivity index (χ3n) is 4.82. The molecule has 3 fully saturated rings. The number of carbonyl (C=O) groups is 2. The van der Waals surface area contributed by atoms with Crippen LogP contribution in [0.4, 0.5) is 4.79 Å². The van der Waals surface area contributed by atoms with E-state index in [4.69, 9.17) is 0 Å². The number of thioether (sulfide) groups is 1. The summed E-state index contributed by atoms with van der Waals surface area (Å²) in [4.78, 5) is 23.8. The average Bonchev–Trinajstić information content (AvgIpc) is 3.48. The Morgan fingerprint density at radius 3 is 2.50 bits per heavy atom. The summed E-state index contributed by atoms with van der Waals surface area (Å²) in [5.41, 5.74) is 0. The van der Waals surface area contributed by atoms with Gasteiger partial charge in [-0.1, -0.05) is 24.6 Å². The van der Waals surface area contributed by atoms with E-state index in [0.29, 0.717) is 12.0 Å². The topological polar surface area (TPSA) is 88.9 Å². The second-order valence-corrected chi connectivity index (χ2v) is 7.95. The van der Waals surface area contributed by atoms with Crippen molar-refractivity contribution in [3.8, 4) is 0 Å². The van der Waals surface area contributed by atoms with Crippen LogP contribution in [0.2, 0.25) is 0 Å². The monoisotopic (exact) mass is 349 g/mol. The molecule has 1 aromatic rings. The summed E-state index contributed by atoms with van der Waals surface area (Å²) in [6, 6.07) is 0.339. The van der Waals surface area contributed by atoms with Crippen LogP contribution in [0.15, 0.2) is 5.16 Å². The fraction of sp³-hybridized carbons (Fsp3) is 0.750. The molecular weight excluding hydrogens is 326 g/mol. The van der Waals surface area contributed by atoms with Crippen molar-refractivity contribution in [3.63, 3.8) is 0 Å². The lowest BCUT2D eigenvalue weighted by Crippen LogP contribution is -2.44. The molecule has 1 heterocycles. The first-order chi connectivity index (χ1) is 11.7. The zero-order valence-electron chi connectivity index (χ0n) is 13.7. The van der Waals surface area contributed by atoms with Crippen LogP contribution in [0.5, 0.6) is 0 Å². The van der Waals surface area contributed by atoms with Gasteiger partial charge in [0.1, 0.15) is 5.82 Å². The lowest BCUT2D eigenvalue weighted by molar-refractivity contribution is -0.117. The highest BCUT2D eigenvalue weighted by Crippen LogP contribution is 2.45. The molecule has 3 aliphatic rings. The van der Waals surface area contributed by atoms with Gasteiger partial charge >= 0.3 is 6.03 Å². The zero-order valence-corrected chi connectivity index (χ0v) is 14.5. The predicted octanol–water partition coefficient (Wildman–Crippen LogP) is 2.35. The number of rotatable bonds is 6. The van der Waals surface area contributed by atoms with Crippen LogP contribution in [-0.2, 0) is 4.79 Å². The summed E-state index contributed by atoms with van der Waals surface area (Å²) in [5, 5.41) is 14.7. The first-order valence-electron chi connectivity index (χ1n) is 8.88. The number of hydrogen-bond donors (Lipinski definition) is 2. The summed E-state index contributed by atoms with van der Waals surface area (Å²) < 4.78 is 2.22. The van der Waals surface area contributed by atoms with Crippen molar-refractivity contribution in [2.24, 2.45) is 0 Å². The molecule has 4 rings (SSSR count). The SMILES string of the molecule is O=C(CSc1nnc(C2CC2)n1C1CC1)NC(=O)NC1CCCC1. The summed E-state index contributed by atoms with van der Waals surface area (Å²) >= 11 is 1.37. The van der Waals surface area contributed by atoms with Crippen molar-refractivity contribution >= 4 is 23.7 Å². The van der Waals surface area contributed by atoms with E-state index in [9.17, 15) is 9.59 Å². The number of aromatic nitrogens is 3. The Hall–Kier alpha value is -1.57. The maximum atomic E-state index is 12.0. The fourth-order valence-corrected chi connectivity index (χ4v) is 4.08. The normalized spacial score (nSPS) is 21.0. The Morgan fingerprint density at radius 2 is 1.83 bits per heavy atom. The average molecular weight is 349 g/mol. The summed E-state index contributed by atoms with van der Waals surface area (Å²) in [7, 11) is 0. The Bertz CT molecular complexity index is 632. The molecule has 3 aliphatic carbocycles. The molecule has 0 aromatic carbocycles. The van der Waals surface area contributed by atoms with Crippen molar-refractivity contribution in [1.82, 2.24) is 25.4 Å². The molecule has 0 radical (unpaired) electrons. The molecule has 2 N–H and O–H groups in total. The largest absolute Gasteiger partial charge is 0.335 e. The van der Waals surface area contributed by atoms with Crippen LogP contribution in [0.25, 0.3) is 0 Å². The molecule has 130 valence electrons. The molecule has 24 heavy (non-hydrogen) atoms. The third-order valence-corrected chi connectivity index (χ3v) is 5.76. The van der Waals surface area contributed by atoms with Crippen molar-refractivity contribution in [3.05, 3.63) is 5.82 Å². The number of carbonyl (C=O) groups excluding carboxylic acids is 2. The highest BCUT2D eigenvalue weighted by molar-refractivity contribution is 7.99. The van der Waals surface area contributed by atoms with Crippen LogP contribution in [-0.4, -0.2) is 38.5 Å². The molecule has 8 heteroatoms. The molecule has 3 amide bonds. The van der Waals surface area contributed by atoms with E-state index in [1.165, 1.54) is 37.4 Å². The van der Waals surface area contributed by atoms with Gasteiger partial charge < -0.3 is 9.88 Å². The van der Waals surface area contributed by atoms with Crippen molar-refractivity contribution in [1.29, 1.82) is 0 Å². The van der Waals surface area contributed by atoms with E-state index in [2.05, 4.69) is 25.4 Å². The zero-order chi connectivity index (χ0) is 16.5. The molecule has 7 nitrogen and oxygen atoms in total. The van der Waals surface area contributed by atoms with Crippen LogP contribution in [0, 0.1) is 0 Å². The molecule has 0 atom stereocenters. The van der Waals surface area contributed by atoms with Crippen molar-refractivity contribution < 1.29 is 9.59 Å². The van der Waals surface area contributed by atoms with Crippen LogP contribution in [0.3, 0.4) is 0 Å². The molecule has 0 unspecified atom stereocenters. The number of urea groups is 1. The number of imide groups is 1. The lowest BCUT2D eigenvalue weighted by Gasteiger charge is -2.12. The number of nitrogens with zero attached hydrogens (tertiary/aromatic N) is 3. The Balaban J connectivity index is 1.28. The van der Waals surface area contributed by atoms with Gasteiger partial charge in [0.05, 0.1) is 5.75 Å².